The van der Waals surface area contributed by atoms with Gasteiger partial charge in [0.15, 0.2) is 0 Å². The highest BCUT2D eigenvalue weighted by Crippen LogP contribution is 2.27. The Morgan fingerprint density at radius 1 is 1.05 bits per heavy atom. The van der Waals surface area contributed by atoms with Gasteiger partial charge in [0, 0.05) is 32.9 Å². The zero-order valence-electron chi connectivity index (χ0n) is 10.8. The fourth-order valence-electron chi connectivity index (χ4n) is 1.80. The van der Waals surface area contributed by atoms with E-state index in [0.29, 0.717) is 27.2 Å². The van der Waals surface area contributed by atoms with Gasteiger partial charge in [-0.25, -0.2) is 0 Å². The topological polar surface area (TPSA) is 32.3 Å². The van der Waals surface area contributed by atoms with Crippen LogP contribution in [0, 0.1) is 6.92 Å². The van der Waals surface area contributed by atoms with Crippen molar-refractivity contribution in [1.82, 2.24) is 0 Å². The van der Waals surface area contributed by atoms with Crippen molar-refractivity contribution in [1.29, 1.82) is 0 Å². The molecular formula is C15H14Cl3NO. The third-order valence-corrected chi connectivity index (χ3v) is 3.97. The van der Waals surface area contributed by atoms with Gasteiger partial charge in [-0.05, 0) is 42.8 Å². The second-order valence-corrected chi connectivity index (χ2v) is 5.78. The van der Waals surface area contributed by atoms with Crippen LogP contribution in [0.3, 0.4) is 0 Å². The first-order chi connectivity index (χ1) is 9.47. The summed E-state index contributed by atoms with van der Waals surface area (Å²) in [4.78, 5) is 0. The molecule has 0 bridgehead atoms. The molecule has 5 heteroatoms. The lowest BCUT2D eigenvalue weighted by molar-refractivity contribution is 0.192. The minimum Gasteiger partial charge on any atom is -0.387 e. The molecule has 2 N–H and O–H groups in total. The first-order valence-corrected chi connectivity index (χ1v) is 7.24. The Balaban J connectivity index is 2.06. The number of hydrogen-bond acceptors (Lipinski definition) is 2. The van der Waals surface area contributed by atoms with E-state index in [4.69, 9.17) is 34.8 Å². The Labute approximate surface area is 133 Å². The molecule has 0 aliphatic rings. The van der Waals surface area contributed by atoms with Gasteiger partial charge in [0.25, 0.3) is 0 Å². The molecule has 0 aromatic heterocycles. The lowest BCUT2D eigenvalue weighted by Gasteiger charge is -2.15. The number of hydrogen-bond donors (Lipinski definition) is 2. The average Bonchev–Trinajstić information content (AvgIpc) is 2.42. The largest absolute Gasteiger partial charge is 0.387 e. The molecule has 2 aromatic carbocycles. The van der Waals surface area contributed by atoms with Crippen LogP contribution >= 0.6 is 34.8 Å². The summed E-state index contributed by atoms with van der Waals surface area (Å²) >= 11 is 18.0. The Morgan fingerprint density at radius 2 is 1.80 bits per heavy atom. The Morgan fingerprint density at radius 3 is 2.50 bits per heavy atom. The van der Waals surface area contributed by atoms with Crippen molar-refractivity contribution in [2.24, 2.45) is 0 Å². The van der Waals surface area contributed by atoms with Crippen molar-refractivity contribution in [2.75, 3.05) is 11.9 Å². The summed E-state index contributed by atoms with van der Waals surface area (Å²) in [5.41, 5.74) is 2.46. The van der Waals surface area contributed by atoms with E-state index in [1.807, 2.05) is 25.1 Å². The van der Waals surface area contributed by atoms with E-state index in [9.17, 15) is 5.11 Å². The van der Waals surface area contributed by atoms with Gasteiger partial charge in [-0.15, -0.1) is 0 Å². The van der Waals surface area contributed by atoms with Crippen molar-refractivity contribution in [3.05, 3.63) is 62.6 Å². The van der Waals surface area contributed by atoms with Crippen LogP contribution in [0.5, 0.6) is 0 Å². The third kappa shape index (κ3) is 3.80. The summed E-state index contributed by atoms with van der Waals surface area (Å²) < 4.78 is 0. The zero-order valence-corrected chi connectivity index (χ0v) is 13.1. The monoisotopic (exact) mass is 329 g/mol. The number of anilines is 1. The van der Waals surface area contributed by atoms with Gasteiger partial charge in [0.05, 0.1) is 6.10 Å². The number of nitrogens with one attached hydrogen (secondary N) is 1. The molecule has 0 spiro atoms. The number of aliphatic hydroxyl groups excluding tert-OH is 1. The molecule has 0 amide bonds. The quantitative estimate of drug-likeness (QED) is 0.817. The molecule has 0 aliphatic carbocycles. The highest BCUT2D eigenvalue weighted by atomic mass is 35.5. The second-order valence-electron chi connectivity index (χ2n) is 4.53. The summed E-state index contributed by atoms with van der Waals surface area (Å²) in [6.45, 7) is 2.26. The van der Waals surface area contributed by atoms with Gasteiger partial charge in [-0.2, -0.15) is 0 Å². The van der Waals surface area contributed by atoms with Crippen LogP contribution in [-0.2, 0) is 0 Å². The summed E-state index contributed by atoms with van der Waals surface area (Å²) in [6, 6.07) is 10.7. The zero-order chi connectivity index (χ0) is 14.7. The van der Waals surface area contributed by atoms with Gasteiger partial charge >= 0.3 is 0 Å². The Hall–Kier alpha value is -0.930. The number of rotatable bonds is 4. The third-order valence-electron chi connectivity index (χ3n) is 2.99. The van der Waals surface area contributed by atoms with E-state index in [1.54, 1.807) is 18.2 Å². The lowest BCUT2D eigenvalue weighted by atomic mass is 10.1. The van der Waals surface area contributed by atoms with E-state index < -0.39 is 6.10 Å². The molecule has 106 valence electrons. The fraction of sp³-hybridized carbons (Fsp3) is 0.200. The van der Waals surface area contributed by atoms with Gasteiger partial charge in [-0.3, -0.25) is 0 Å². The van der Waals surface area contributed by atoms with Crippen molar-refractivity contribution in [2.45, 2.75) is 13.0 Å². The first kappa shape index (κ1) is 15.5. The molecule has 2 rings (SSSR count). The standard InChI is InChI=1S/C15H14Cl3NO/c1-9-2-4-11(7-14(9)18)19-8-15(20)12-6-10(16)3-5-13(12)17/h2-7,15,19-20H,8H2,1H3. The van der Waals surface area contributed by atoms with Crippen LogP contribution < -0.4 is 5.32 Å². The van der Waals surface area contributed by atoms with Crippen LogP contribution in [-0.4, -0.2) is 11.7 Å². The first-order valence-electron chi connectivity index (χ1n) is 6.10. The lowest BCUT2D eigenvalue weighted by Crippen LogP contribution is -2.12. The smallest absolute Gasteiger partial charge is 0.0977 e. The molecule has 0 radical (unpaired) electrons. The van der Waals surface area contributed by atoms with Crippen LogP contribution in [0.2, 0.25) is 15.1 Å². The molecule has 2 nitrogen and oxygen atoms in total. The molecule has 20 heavy (non-hydrogen) atoms. The molecular weight excluding hydrogens is 317 g/mol. The SMILES string of the molecule is Cc1ccc(NCC(O)c2cc(Cl)ccc2Cl)cc1Cl. The predicted molar refractivity (Wildman–Crippen MR) is 86.1 cm³/mol. The number of aliphatic hydroxyl groups is 1. The van der Waals surface area contributed by atoms with E-state index in [2.05, 4.69) is 5.32 Å². The van der Waals surface area contributed by atoms with E-state index in [0.717, 1.165) is 11.3 Å². The predicted octanol–water partition coefficient (Wildman–Crippen LogP) is 5.10. The highest BCUT2D eigenvalue weighted by molar-refractivity contribution is 6.33. The van der Waals surface area contributed by atoms with Crippen molar-refractivity contribution in [3.8, 4) is 0 Å². The van der Waals surface area contributed by atoms with Gasteiger partial charge < -0.3 is 10.4 Å². The number of benzene rings is 2. The van der Waals surface area contributed by atoms with Crippen LogP contribution in [0.15, 0.2) is 36.4 Å². The van der Waals surface area contributed by atoms with Crippen LogP contribution in [0.4, 0.5) is 5.69 Å². The Kier molecular flexibility index (Phi) is 5.17. The van der Waals surface area contributed by atoms with Gasteiger partial charge in [-0.1, -0.05) is 40.9 Å². The molecule has 2 aromatic rings. The molecule has 0 saturated heterocycles. The fourth-order valence-corrected chi connectivity index (χ4v) is 2.40. The van der Waals surface area contributed by atoms with Crippen molar-refractivity contribution in [3.63, 3.8) is 0 Å². The van der Waals surface area contributed by atoms with Crippen molar-refractivity contribution < 1.29 is 5.11 Å². The molecule has 1 atom stereocenters. The van der Waals surface area contributed by atoms with Gasteiger partial charge in [0.1, 0.15) is 0 Å². The maximum atomic E-state index is 10.2. The normalized spacial score (nSPS) is 12.2. The summed E-state index contributed by atoms with van der Waals surface area (Å²) in [5.74, 6) is 0. The van der Waals surface area contributed by atoms with E-state index >= 15 is 0 Å². The summed E-state index contributed by atoms with van der Waals surface area (Å²) in [7, 11) is 0. The number of aryl methyl sites for hydroxylation is 1. The molecule has 0 saturated carbocycles. The molecule has 1 unspecified atom stereocenters. The highest BCUT2D eigenvalue weighted by Gasteiger charge is 2.12. The van der Waals surface area contributed by atoms with Crippen LogP contribution in [0.1, 0.15) is 17.2 Å². The van der Waals surface area contributed by atoms with Crippen molar-refractivity contribution >= 4 is 40.5 Å². The molecule has 0 aliphatic heterocycles. The van der Waals surface area contributed by atoms with Gasteiger partial charge in [0.2, 0.25) is 0 Å². The second kappa shape index (κ2) is 6.68. The Bertz CT molecular complexity index is 616. The number of halogens is 3. The van der Waals surface area contributed by atoms with E-state index in [-0.39, 0.29) is 0 Å². The summed E-state index contributed by atoms with van der Waals surface area (Å²) in [5, 5.41) is 15.0. The summed E-state index contributed by atoms with van der Waals surface area (Å²) in [6.07, 6.45) is -0.749. The minimum atomic E-state index is -0.749. The molecule has 0 fully saturated rings. The molecule has 0 heterocycles. The maximum Gasteiger partial charge on any atom is 0.0977 e. The maximum absolute atomic E-state index is 10.2. The minimum absolute atomic E-state index is 0.319. The average molecular weight is 331 g/mol. The van der Waals surface area contributed by atoms with Crippen LogP contribution in [0.25, 0.3) is 0 Å². The van der Waals surface area contributed by atoms with E-state index in [1.165, 1.54) is 0 Å².